The molecule has 0 saturated heterocycles. The van der Waals surface area contributed by atoms with Gasteiger partial charge in [0, 0.05) is 12.3 Å². The lowest BCUT2D eigenvalue weighted by molar-refractivity contribution is -0.124. The topological polar surface area (TPSA) is 118 Å². The van der Waals surface area contributed by atoms with Gasteiger partial charge in [-0.25, -0.2) is 23.4 Å². The first-order valence-corrected chi connectivity index (χ1v) is 11.5. The van der Waals surface area contributed by atoms with E-state index in [0.29, 0.717) is 0 Å². The molecule has 0 aliphatic heterocycles. The Morgan fingerprint density at radius 3 is 2.26 bits per heavy atom. The molecule has 0 saturated carbocycles. The van der Waals surface area contributed by atoms with Gasteiger partial charge in [0.2, 0.25) is 12.3 Å². The second kappa shape index (κ2) is 10.6. The number of aromatic carboxylic acids is 1. The number of carbonyl (C=O) groups excluding carboxylic acids is 2. The number of nitrogens with zero attached hydrogens (tertiary/aromatic N) is 1. The number of nitrogens with one attached hydrogen (secondary N) is 2. The molecule has 1 aromatic heterocycles. The number of hydrogen-bond acceptors (Lipinski definition) is 6. The number of hydrogen-bond donors (Lipinski definition) is 3. The van der Waals surface area contributed by atoms with Crippen LogP contribution < -0.4 is 10.6 Å². The number of carboxylic acids is 1. The van der Waals surface area contributed by atoms with Gasteiger partial charge in [-0.15, -0.1) is 11.3 Å². The number of thiazole rings is 1. The van der Waals surface area contributed by atoms with Gasteiger partial charge < -0.3 is 20.5 Å². The highest BCUT2D eigenvalue weighted by Gasteiger charge is 2.30. The molecule has 0 bridgehead atoms. The molecule has 11 heteroatoms. The molecule has 0 radical (unpaired) electrons. The third-order valence-electron chi connectivity index (χ3n) is 5.54. The lowest BCUT2D eigenvalue weighted by atomic mass is 9.98. The zero-order valence-electron chi connectivity index (χ0n) is 18.2. The molecule has 35 heavy (non-hydrogen) atoms. The van der Waals surface area contributed by atoms with Crippen molar-refractivity contribution < 1.29 is 33.0 Å². The number of aromatic nitrogens is 1. The lowest BCUT2D eigenvalue weighted by Gasteiger charge is -2.19. The predicted molar refractivity (Wildman–Crippen MR) is 124 cm³/mol. The molecule has 3 aromatic rings. The fraction of sp³-hybridized carbons (Fsp3) is 0.250. The summed E-state index contributed by atoms with van der Waals surface area (Å²) >= 11 is 0.848. The third kappa shape index (κ3) is 5.62. The zero-order valence-corrected chi connectivity index (χ0v) is 19.1. The molecule has 0 spiro atoms. The minimum absolute atomic E-state index is 0.0184. The molecule has 1 atom stereocenters. The highest BCUT2D eigenvalue weighted by Crippen LogP contribution is 2.44. The minimum atomic E-state index is -2.85. The number of benzene rings is 2. The molecule has 8 nitrogen and oxygen atoms in total. The Balaban J connectivity index is 1.37. The van der Waals surface area contributed by atoms with Gasteiger partial charge in [-0.2, -0.15) is 0 Å². The highest BCUT2D eigenvalue weighted by molar-refractivity contribution is 7.13. The van der Waals surface area contributed by atoms with Gasteiger partial charge in [0.05, 0.1) is 12.7 Å². The van der Waals surface area contributed by atoms with Gasteiger partial charge in [-0.05, 0) is 22.3 Å². The molecule has 3 N–H and O–H groups in total. The van der Waals surface area contributed by atoms with Crippen molar-refractivity contribution in [3.63, 3.8) is 0 Å². The number of alkyl carbamates (subject to hydrolysis) is 1. The Kier molecular flexibility index (Phi) is 7.35. The van der Waals surface area contributed by atoms with Crippen LogP contribution in [0, 0.1) is 0 Å². The zero-order chi connectivity index (χ0) is 24.9. The fourth-order valence-electron chi connectivity index (χ4n) is 3.97. The number of carboxylic acid groups (broad SMARTS) is 1. The number of halogens is 2. The van der Waals surface area contributed by atoms with Crippen molar-refractivity contribution in [2.24, 2.45) is 0 Å². The smallest absolute Gasteiger partial charge is 0.407 e. The molecule has 1 aliphatic carbocycles. The Bertz CT molecular complexity index is 1200. The standard InChI is InChI=1S/C24H21F2N3O5S/c25-20(26)9-18(22(30)28-11-21-27-10-19(35-21)23(31)32)29-24(33)34-12-17-15-7-3-1-5-13(15)14-6-2-4-8-16(14)17/h1-8,10,17-18,20H,9,11-12H2,(H,28,30)(H,29,33)(H,31,32). The molecule has 2 aromatic carbocycles. The molecule has 4 rings (SSSR count). The van der Waals surface area contributed by atoms with E-state index in [1.807, 2.05) is 48.5 Å². The fourth-order valence-corrected chi connectivity index (χ4v) is 4.67. The van der Waals surface area contributed by atoms with Crippen LogP contribution in [0.1, 0.15) is 38.1 Å². The number of rotatable bonds is 9. The lowest BCUT2D eigenvalue weighted by Crippen LogP contribution is -2.47. The molecular weight excluding hydrogens is 480 g/mol. The molecule has 182 valence electrons. The van der Waals surface area contributed by atoms with Crippen molar-refractivity contribution in [1.29, 1.82) is 0 Å². The van der Waals surface area contributed by atoms with E-state index in [2.05, 4.69) is 15.6 Å². The monoisotopic (exact) mass is 501 g/mol. The van der Waals surface area contributed by atoms with Crippen LogP contribution in [0.4, 0.5) is 13.6 Å². The Labute approximate surface area is 203 Å². The Morgan fingerprint density at radius 1 is 1.06 bits per heavy atom. The number of carbonyl (C=O) groups is 3. The minimum Gasteiger partial charge on any atom is -0.477 e. The van der Waals surface area contributed by atoms with E-state index in [1.165, 1.54) is 0 Å². The predicted octanol–water partition coefficient (Wildman–Crippen LogP) is 4.02. The molecule has 2 amide bonds. The van der Waals surface area contributed by atoms with Gasteiger partial charge in [0.25, 0.3) is 0 Å². The van der Waals surface area contributed by atoms with E-state index in [0.717, 1.165) is 39.8 Å². The summed E-state index contributed by atoms with van der Waals surface area (Å²) in [6.45, 7) is -0.192. The van der Waals surface area contributed by atoms with Crippen LogP contribution in [-0.2, 0) is 16.1 Å². The summed E-state index contributed by atoms with van der Waals surface area (Å²) in [7, 11) is 0. The first-order valence-electron chi connectivity index (χ1n) is 10.7. The largest absolute Gasteiger partial charge is 0.477 e. The summed E-state index contributed by atoms with van der Waals surface area (Å²) in [5.74, 6) is -2.23. The highest BCUT2D eigenvalue weighted by atomic mass is 32.1. The van der Waals surface area contributed by atoms with Crippen molar-refractivity contribution in [2.45, 2.75) is 31.4 Å². The summed E-state index contributed by atoms with van der Waals surface area (Å²) in [6.07, 6.45) is -3.61. The maximum atomic E-state index is 13.1. The maximum absolute atomic E-state index is 13.1. The average molecular weight is 502 g/mol. The van der Waals surface area contributed by atoms with Gasteiger partial charge in [0.15, 0.2) is 0 Å². The number of alkyl halides is 2. The van der Waals surface area contributed by atoms with Gasteiger partial charge in [-0.3, -0.25) is 4.79 Å². The van der Waals surface area contributed by atoms with Crippen LogP contribution in [0.2, 0.25) is 0 Å². The van der Waals surface area contributed by atoms with E-state index in [-0.39, 0.29) is 29.0 Å². The van der Waals surface area contributed by atoms with Crippen molar-refractivity contribution in [3.8, 4) is 11.1 Å². The average Bonchev–Trinajstić information content (AvgIpc) is 3.44. The van der Waals surface area contributed by atoms with Gasteiger partial charge >= 0.3 is 12.1 Å². The van der Waals surface area contributed by atoms with Crippen molar-refractivity contribution >= 4 is 29.3 Å². The van der Waals surface area contributed by atoms with Crippen LogP contribution in [0.25, 0.3) is 11.1 Å². The van der Waals surface area contributed by atoms with E-state index >= 15 is 0 Å². The summed E-state index contributed by atoms with van der Waals surface area (Å²) < 4.78 is 31.5. The number of fused-ring (bicyclic) bond motifs is 3. The molecule has 0 fully saturated rings. The van der Waals surface area contributed by atoms with E-state index in [9.17, 15) is 23.2 Å². The summed E-state index contributed by atoms with van der Waals surface area (Å²) in [6, 6.07) is 14.0. The molecule has 1 aliphatic rings. The molecular formula is C24H21F2N3O5S. The van der Waals surface area contributed by atoms with Crippen LogP contribution in [0.5, 0.6) is 0 Å². The molecule has 1 heterocycles. The van der Waals surface area contributed by atoms with Crippen LogP contribution in [0.15, 0.2) is 54.7 Å². The first kappa shape index (κ1) is 24.3. The normalized spacial score (nSPS) is 13.1. The van der Waals surface area contributed by atoms with Gasteiger partial charge in [-0.1, -0.05) is 48.5 Å². The number of ether oxygens (including phenoxy) is 1. The Hall–Kier alpha value is -3.86. The van der Waals surface area contributed by atoms with Gasteiger partial charge in [0.1, 0.15) is 22.5 Å². The van der Waals surface area contributed by atoms with Crippen LogP contribution in [0.3, 0.4) is 0 Å². The quantitative estimate of drug-likeness (QED) is 0.408. The summed E-state index contributed by atoms with van der Waals surface area (Å²) in [5, 5.41) is 13.8. The van der Waals surface area contributed by atoms with Crippen molar-refractivity contribution in [3.05, 3.63) is 75.7 Å². The Morgan fingerprint density at radius 2 is 1.69 bits per heavy atom. The maximum Gasteiger partial charge on any atom is 0.407 e. The summed E-state index contributed by atoms with van der Waals surface area (Å²) in [5.41, 5.74) is 4.07. The van der Waals surface area contributed by atoms with E-state index in [4.69, 9.17) is 9.84 Å². The second-order valence-corrected chi connectivity index (χ2v) is 8.91. The van der Waals surface area contributed by atoms with Crippen LogP contribution in [-0.4, -0.2) is 47.1 Å². The SMILES string of the molecule is O=C(NC(CC(F)F)C(=O)NCc1ncc(C(=O)O)s1)OCC1c2ccccc2-c2ccccc21. The second-order valence-electron chi connectivity index (χ2n) is 7.79. The van der Waals surface area contributed by atoms with E-state index < -0.39 is 36.9 Å². The van der Waals surface area contributed by atoms with E-state index in [1.54, 1.807) is 0 Å². The number of amides is 2. The summed E-state index contributed by atoms with van der Waals surface area (Å²) in [4.78, 5) is 39.7. The third-order valence-corrected chi connectivity index (χ3v) is 6.53. The van der Waals surface area contributed by atoms with Crippen LogP contribution >= 0.6 is 11.3 Å². The van der Waals surface area contributed by atoms with Crippen molar-refractivity contribution in [1.82, 2.24) is 15.6 Å². The van der Waals surface area contributed by atoms with Crippen molar-refractivity contribution in [2.75, 3.05) is 6.61 Å². The molecule has 1 unspecified atom stereocenters. The first-order chi connectivity index (χ1) is 16.8.